The quantitative estimate of drug-likeness (QED) is 0.442. The molecule has 5 rings (SSSR count). The molecule has 1 fully saturated rings. The Kier molecular flexibility index (Phi) is 5.33. The summed E-state index contributed by atoms with van der Waals surface area (Å²) in [6.45, 7) is 4.53. The highest BCUT2D eigenvalue weighted by Gasteiger charge is 2.22. The summed E-state index contributed by atoms with van der Waals surface area (Å²) in [5, 5.41) is 8.69. The molecular weight excluding hydrogens is 463 g/mol. The van der Waals surface area contributed by atoms with Gasteiger partial charge < -0.3 is 15.8 Å². The average Bonchev–Trinajstić information content (AvgIpc) is 3.44. The van der Waals surface area contributed by atoms with Gasteiger partial charge >= 0.3 is 0 Å². The minimum atomic E-state index is -0.299. The number of aromatic nitrogens is 4. The van der Waals surface area contributed by atoms with E-state index in [0.29, 0.717) is 17.4 Å². The maximum atomic E-state index is 13.7. The number of nitrogens with zero attached hydrogens (tertiary/aromatic N) is 4. The van der Waals surface area contributed by atoms with Gasteiger partial charge in [-0.25, -0.2) is 9.37 Å². The molecule has 3 aromatic heterocycles. The Hall–Kier alpha value is -2.62. The van der Waals surface area contributed by atoms with Crippen LogP contribution in [-0.2, 0) is 4.74 Å². The van der Waals surface area contributed by atoms with Crippen molar-refractivity contribution in [3.05, 3.63) is 52.6 Å². The number of hydrogen-bond donors (Lipinski definition) is 2. The second kappa shape index (κ2) is 8.14. The van der Waals surface area contributed by atoms with Crippen molar-refractivity contribution in [2.75, 3.05) is 25.5 Å². The Morgan fingerprint density at radius 2 is 2.23 bits per heavy atom. The van der Waals surface area contributed by atoms with Gasteiger partial charge in [0.15, 0.2) is 5.65 Å². The standard InChI is InChI=1S/C22H22BrFN6O/c1-12(26-8-13-4-5-31-11-13)20-19(23)21(25)30-22(29-20)17(10-28-30)15-6-14-7-16(24)2-3-18(14)27-9-15/h2-3,6-7,9-10,12-13,26H,4-5,8,11,25H2,1H3. The molecule has 0 bridgehead atoms. The molecule has 160 valence electrons. The van der Waals surface area contributed by atoms with E-state index in [1.165, 1.54) is 12.1 Å². The summed E-state index contributed by atoms with van der Waals surface area (Å²) in [5.41, 5.74) is 10.1. The molecule has 0 spiro atoms. The van der Waals surface area contributed by atoms with Crippen LogP contribution in [0.2, 0.25) is 0 Å². The van der Waals surface area contributed by atoms with E-state index in [1.807, 2.05) is 6.07 Å². The van der Waals surface area contributed by atoms with Gasteiger partial charge in [-0.05, 0) is 59.5 Å². The van der Waals surface area contributed by atoms with E-state index >= 15 is 0 Å². The predicted molar refractivity (Wildman–Crippen MR) is 121 cm³/mol. The summed E-state index contributed by atoms with van der Waals surface area (Å²) in [6.07, 6.45) is 4.53. The van der Waals surface area contributed by atoms with Crippen LogP contribution in [0.1, 0.15) is 25.1 Å². The summed E-state index contributed by atoms with van der Waals surface area (Å²) in [4.78, 5) is 9.35. The van der Waals surface area contributed by atoms with Crippen LogP contribution in [0, 0.1) is 11.7 Å². The van der Waals surface area contributed by atoms with E-state index in [-0.39, 0.29) is 11.9 Å². The van der Waals surface area contributed by atoms with Crippen molar-refractivity contribution < 1.29 is 9.13 Å². The van der Waals surface area contributed by atoms with Gasteiger partial charge in [-0.1, -0.05) is 0 Å². The number of nitrogens with two attached hydrogens (primary N) is 1. The van der Waals surface area contributed by atoms with Crippen LogP contribution in [0.15, 0.2) is 41.1 Å². The number of hydrogen-bond acceptors (Lipinski definition) is 6. The van der Waals surface area contributed by atoms with Gasteiger partial charge in [-0.15, -0.1) is 0 Å². The topological polar surface area (TPSA) is 90.4 Å². The molecule has 3 N–H and O–H groups in total. The van der Waals surface area contributed by atoms with Crippen LogP contribution in [0.3, 0.4) is 0 Å². The number of anilines is 1. The zero-order chi connectivity index (χ0) is 21.5. The van der Waals surface area contributed by atoms with Gasteiger partial charge in [-0.2, -0.15) is 9.61 Å². The number of ether oxygens (including phenoxy) is 1. The number of halogens is 2. The third-order valence-corrected chi connectivity index (χ3v) is 6.56. The minimum absolute atomic E-state index is 0.0196. The van der Waals surface area contributed by atoms with Gasteiger partial charge in [0.1, 0.15) is 11.6 Å². The molecule has 1 saturated heterocycles. The van der Waals surface area contributed by atoms with Crippen molar-refractivity contribution in [2.45, 2.75) is 19.4 Å². The highest BCUT2D eigenvalue weighted by atomic mass is 79.9. The zero-order valence-electron chi connectivity index (χ0n) is 17.0. The third-order valence-electron chi connectivity index (χ3n) is 5.75. The maximum absolute atomic E-state index is 13.7. The van der Waals surface area contributed by atoms with Crippen LogP contribution < -0.4 is 11.1 Å². The predicted octanol–water partition coefficient (Wildman–Crippen LogP) is 4.12. The molecule has 4 heterocycles. The maximum Gasteiger partial charge on any atom is 0.165 e. The Bertz CT molecular complexity index is 1270. The van der Waals surface area contributed by atoms with Gasteiger partial charge in [0.2, 0.25) is 0 Å². The molecule has 0 saturated carbocycles. The number of pyridine rings is 1. The highest BCUT2D eigenvalue weighted by molar-refractivity contribution is 9.10. The Balaban J connectivity index is 1.54. The monoisotopic (exact) mass is 484 g/mol. The van der Waals surface area contributed by atoms with E-state index in [4.69, 9.17) is 15.5 Å². The van der Waals surface area contributed by atoms with Crippen molar-refractivity contribution in [1.29, 1.82) is 0 Å². The smallest absolute Gasteiger partial charge is 0.165 e. The summed E-state index contributed by atoms with van der Waals surface area (Å²) >= 11 is 3.59. The van der Waals surface area contributed by atoms with Crippen LogP contribution in [-0.4, -0.2) is 39.3 Å². The first-order valence-electron chi connectivity index (χ1n) is 10.2. The third kappa shape index (κ3) is 3.77. The molecule has 2 unspecified atom stereocenters. The number of rotatable bonds is 5. The Labute approximate surface area is 187 Å². The molecular formula is C22H22BrFN6O. The van der Waals surface area contributed by atoms with Crippen molar-refractivity contribution in [1.82, 2.24) is 24.9 Å². The lowest BCUT2D eigenvalue weighted by atomic mass is 10.1. The fourth-order valence-electron chi connectivity index (χ4n) is 3.94. The van der Waals surface area contributed by atoms with Crippen LogP contribution in [0.4, 0.5) is 10.2 Å². The SMILES string of the molecule is CC(NCC1CCOC1)c1nc2c(-c3cnc4ccc(F)cc4c3)cnn2c(N)c1Br. The zero-order valence-corrected chi connectivity index (χ0v) is 18.6. The van der Waals surface area contributed by atoms with Gasteiger partial charge in [0.05, 0.1) is 28.5 Å². The average molecular weight is 485 g/mol. The largest absolute Gasteiger partial charge is 0.383 e. The normalized spacial score (nSPS) is 17.6. The van der Waals surface area contributed by atoms with Crippen LogP contribution >= 0.6 is 15.9 Å². The number of nitrogens with one attached hydrogen (secondary N) is 1. The second-order valence-electron chi connectivity index (χ2n) is 7.91. The van der Waals surface area contributed by atoms with Gasteiger partial charge in [0, 0.05) is 41.9 Å². The first kappa shape index (κ1) is 20.3. The van der Waals surface area contributed by atoms with Crippen LogP contribution in [0.5, 0.6) is 0 Å². The lowest BCUT2D eigenvalue weighted by molar-refractivity contribution is 0.184. The van der Waals surface area contributed by atoms with Crippen molar-refractivity contribution in [2.24, 2.45) is 5.92 Å². The summed E-state index contributed by atoms with van der Waals surface area (Å²) in [6, 6.07) is 6.42. The molecule has 0 amide bonds. The van der Waals surface area contributed by atoms with E-state index in [1.54, 1.807) is 23.0 Å². The molecule has 9 heteroatoms. The summed E-state index contributed by atoms with van der Waals surface area (Å²) in [5.74, 6) is 0.688. The van der Waals surface area contributed by atoms with Crippen molar-refractivity contribution >= 4 is 38.3 Å². The minimum Gasteiger partial charge on any atom is -0.383 e. The first-order chi connectivity index (χ1) is 15.0. The molecule has 1 aliphatic heterocycles. The molecule has 0 radical (unpaired) electrons. The fourth-order valence-corrected chi connectivity index (χ4v) is 4.54. The molecule has 4 aromatic rings. The molecule has 0 aliphatic carbocycles. The molecule has 31 heavy (non-hydrogen) atoms. The fraction of sp³-hybridized carbons (Fsp3) is 0.318. The summed E-state index contributed by atoms with van der Waals surface area (Å²) < 4.78 is 21.5. The van der Waals surface area contributed by atoms with E-state index < -0.39 is 0 Å². The summed E-state index contributed by atoms with van der Waals surface area (Å²) in [7, 11) is 0. The van der Waals surface area contributed by atoms with Gasteiger partial charge in [-0.3, -0.25) is 4.98 Å². The van der Waals surface area contributed by atoms with Crippen molar-refractivity contribution in [3.8, 4) is 11.1 Å². The van der Waals surface area contributed by atoms with Crippen LogP contribution in [0.25, 0.3) is 27.7 Å². The number of fused-ring (bicyclic) bond motifs is 2. The van der Waals surface area contributed by atoms with Gasteiger partial charge in [0.25, 0.3) is 0 Å². The first-order valence-corrected chi connectivity index (χ1v) is 11.0. The number of benzene rings is 1. The lowest BCUT2D eigenvalue weighted by Gasteiger charge is -2.18. The van der Waals surface area contributed by atoms with Crippen molar-refractivity contribution in [3.63, 3.8) is 0 Å². The molecule has 1 aromatic carbocycles. The highest BCUT2D eigenvalue weighted by Crippen LogP contribution is 2.33. The van der Waals surface area contributed by atoms with E-state index in [0.717, 1.165) is 58.4 Å². The second-order valence-corrected chi connectivity index (χ2v) is 8.70. The molecule has 1 aliphatic rings. The Morgan fingerprint density at radius 3 is 3.03 bits per heavy atom. The molecule has 2 atom stereocenters. The number of nitrogen functional groups attached to an aromatic ring is 1. The Morgan fingerprint density at radius 1 is 1.35 bits per heavy atom. The van der Waals surface area contributed by atoms with E-state index in [9.17, 15) is 4.39 Å². The lowest BCUT2D eigenvalue weighted by Crippen LogP contribution is -2.27. The van der Waals surface area contributed by atoms with E-state index in [2.05, 4.69) is 38.3 Å². The molecule has 7 nitrogen and oxygen atoms in total.